The summed E-state index contributed by atoms with van der Waals surface area (Å²) in [6.07, 6.45) is 2.16. The van der Waals surface area contributed by atoms with Gasteiger partial charge in [-0.2, -0.15) is 0 Å². The first-order valence-corrected chi connectivity index (χ1v) is 8.01. The number of carbonyl (C=O) groups is 1. The molecule has 0 spiro atoms. The molecule has 7 heteroatoms. The minimum absolute atomic E-state index is 0.0144. The van der Waals surface area contributed by atoms with Crippen molar-refractivity contribution in [1.29, 1.82) is 0 Å². The Morgan fingerprint density at radius 2 is 2.05 bits per heavy atom. The second kappa shape index (κ2) is 4.82. The standard InChI is InChI=1S/C13H15FN2O3S/c14-9-2-1-3-12(6-9)20(18,19)15-10-7-13(17)16(8-10)11-4-5-11/h1-3,6,10-11,15H,4-5,7-8H2. The van der Waals surface area contributed by atoms with Gasteiger partial charge in [-0.15, -0.1) is 0 Å². The van der Waals surface area contributed by atoms with Crippen LogP contribution in [0.2, 0.25) is 0 Å². The van der Waals surface area contributed by atoms with Crippen LogP contribution in [0.25, 0.3) is 0 Å². The highest BCUT2D eigenvalue weighted by atomic mass is 32.2. The number of carbonyl (C=O) groups excluding carboxylic acids is 1. The maximum absolute atomic E-state index is 13.1. The van der Waals surface area contributed by atoms with Gasteiger partial charge in [-0.3, -0.25) is 4.79 Å². The van der Waals surface area contributed by atoms with Crippen LogP contribution < -0.4 is 4.72 Å². The predicted molar refractivity (Wildman–Crippen MR) is 69.9 cm³/mol. The summed E-state index contributed by atoms with van der Waals surface area (Å²) < 4.78 is 39.8. The van der Waals surface area contributed by atoms with Gasteiger partial charge in [-0.1, -0.05) is 6.07 Å². The molecule has 1 saturated heterocycles. The van der Waals surface area contributed by atoms with Gasteiger partial charge in [0.2, 0.25) is 15.9 Å². The zero-order valence-electron chi connectivity index (χ0n) is 10.8. The number of nitrogens with zero attached hydrogens (tertiary/aromatic N) is 1. The zero-order valence-corrected chi connectivity index (χ0v) is 11.6. The number of benzene rings is 1. The van der Waals surface area contributed by atoms with E-state index in [0.29, 0.717) is 6.54 Å². The quantitative estimate of drug-likeness (QED) is 0.897. The molecule has 1 aliphatic carbocycles. The van der Waals surface area contributed by atoms with Crippen LogP contribution in [0.4, 0.5) is 4.39 Å². The molecule has 1 saturated carbocycles. The number of amides is 1. The van der Waals surface area contributed by atoms with Crippen molar-refractivity contribution in [2.24, 2.45) is 0 Å². The molecular formula is C13H15FN2O3S. The summed E-state index contributed by atoms with van der Waals surface area (Å²) in [7, 11) is -3.79. The zero-order chi connectivity index (χ0) is 14.3. The van der Waals surface area contributed by atoms with Crippen LogP contribution in [0.15, 0.2) is 29.2 Å². The average molecular weight is 298 g/mol. The van der Waals surface area contributed by atoms with Gasteiger partial charge < -0.3 is 4.90 Å². The van der Waals surface area contributed by atoms with Crippen molar-refractivity contribution in [3.63, 3.8) is 0 Å². The van der Waals surface area contributed by atoms with E-state index in [1.807, 2.05) is 0 Å². The molecule has 0 aromatic heterocycles. The monoisotopic (exact) mass is 298 g/mol. The molecule has 1 heterocycles. The van der Waals surface area contributed by atoms with Crippen molar-refractivity contribution in [3.05, 3.63) is 30.1 Å². The Kier molecular flexibility index (Phi) is 3.25. The van der Waals surface area contributed by atoms with Crippen LogP contribution in [0.5, 0.6) is 0 Å². The predicted octanol–water partition coefficient (Wildman–Crippen LogP) is 0.867. The van der Waals surface area contributed by atoms with E-state index >= 15 is 0 Å². The van der Waals surface area contributed by atoms with E-state index in [4.69, 9.17) is 0 Å². The topological polar surface area (TPSA) is 66.5 Å². The Bertz CT molecular complexity index is 643. The smallest absolute Gasteiger partial charge is 0.240 e. The van der Waals surface area contributed by atoms with Crippen LogP contribution >= 0.6 is 0 Å². The third-order valence-corrected chi connectivity index (χ3v) is 5.09. The summed E-state index contributed by atoms with van der Waals surface area (Å²) >= 11 is 0. The maximum Gasteiger partial charge on any atom is 0.240 e. The lowest BCUT2D eigenvalue weighted by molar-refractivity contribution is -0.128. The SMILES string of the molecule is O=C1CC(NS(=O)(=O)c2cccc(F)c2)CN1C1CC1. The molecule has 1 aliphatic heterocycles. The van der Waals surface area contributed by atoms with Gasteiger partial charge in [0.1, 0.15) is 5.82 Å². The van der Waals surface area contributed by atoms with Crippen LogP contribution in [0.3, 0.4) is 0 Å². The van der Waals surface area contributed by atoms with Crippen LogP contribution in [-0.4, -0.2) is 37.9 Å². The van der Waals surface area contributed by atoms with Gasteiger partial charge in [0.25, 0.3) is 0 Å². The second-order valence-electron chi connectivity index (χ2n) is 5.26. The molecular weight excluding hydrogens is 283 g/mol. The average Bonchev–Trinajstić information content (AvgIpc) is 3.14. The summed E-state index contributed by atoms with van der Waals surface area (Å²) in [5.74, 6) is -0.616. The molecule has 0 radical (unpaired) electrons. The first-order chi connectivity index (χ1) is 9.45. The fourth-order valence-electron chi connectivity index (χ4n) is 2.47. The Morgan fingerprint density at radius 3 is 2.70 bits per heavy atom. The van der Waals surface area contributed by atoms with Crippen LogP contribution in [-0.2, 0) is 14.8 Å². The normalized spacial score (nSPS) is 23.4. The highest BCUT2D eigenvalue weighted by Crippen LogP contribution is 2.30. The highest BCUT2D eigenvalue weighted by Gasteiger charge is 2.40. The van der Waals surface area contributed by atoms with Crippen molar-refractivity contribution in [1.82, 2.24) is 9.62 Å². The summed E-state index contributed by atoms with van der Waals surface area (Å²) in [6, 6.07) is 4.69. The number of hydrogen-bond acceptors (Lipinski definition) is 3. The van der Waals surface area contributed by atoms with Gasteiger partial charge >= 0.3 is 0 Å². The summed E-state index contributed by atoms with van der Waals surface area (Å²) in [5, 5.41) is 0. The molecule has 2 aliphatic rings. The summed E-state index contributed by atoms with van der Waals surface area (Å²) in [6.45, 7) is 0.401. The van der Waals surface area contributed by atoms with E-state index in [2.05, 4.69) is 4.72 Å². The molecule has 1 unspecified atom stereocenters. The van der Waals surface area contributed by atoms with Crippen LogP contribution in [0, 0.1) is 5.82 Å². The number of halogens is 1. The lowest BCUT2D eigenvalue weighted by Crippen LogP contribution is -2.37. The largest absolute Gasteiger partial charge is 0.338 e. The number of likely N-dealkylation sites (tertiary alicyclic amines) is 1. The third-order valence-electron chi connectivity index (χ3n) is 3.57. The molecule has 1 aromatic rings. The minimum atomic E-state index is -3.79. The molecule has 3 rings (SSSR count). The van der Waals surface area contributed by atoms with Gasteiger partial charge in [0.15, 0.2) is 0 Å². The maximum atomic E-state index is 13.1. The second-order valence-corrected chi connectivity index (χ2v) is 6.97. The van der Waals surface area contributed by atoms with Gasteiger partial charge in [-0.25, -0.2) is 17.5 Å². The molecule has 2 fully saturated rings. The van der Waals surface area contributed by atoms with Crippen molar-refractivity contribution < 1.29 is 17.6 Å². The van der Waals surface area contributed by atoms with E-state index in [-0.39, 0.29) is 23.3 Å². The van der Waals surface area contributed by atoms with Crippen molar-refractivity contribution in [2.45, 2.75) is 36.2 Å². The van der Waals surface area contributed by atoms with E-state index in [1.165, 1.54) is 18.2 Å². The van der Waals surface area contributed by atoms with E-state index < -0.39 is 21.9 Å². The number of rotatable bonds is 4. The minimum Gasteiger partial charge on any atom is -0.338 e. The molecule has 1 amide bonds. The van der Waals surface area contributed by atoms with E-state index in [9.17, 15) is 17.6 Å². The Morgan fingerprint density at radius 1 is 1.30 bits per heavy atom. The molecule has 1 aromatic carbocycles. The highest BCUT2D eigenvalue weighted by molar-refractivity contribution is 7.89. The number of nitrogens with one attached hydrogen (secondary N) is 1. The molecule has 1 atom stereocenters. The third kappa shape index (κ3) is 2.69. The van der Waals surface area contributed by atoms with Crippen molar-refractivity contribution >= 4 is 15.9 Å². The Hall–Kier alpha value is -1.47. The van der Waals surface area contributed by atoms with Crippen molar-refractivity contribution in [3.8, 4) is 0 Å². The summed E-state index contributed by atoms with van der Waals surface area (Å²) in [4.78, 5) is 13.4. The van der Waals surface area contributed by atoms with Gasteiger partial charge in [0, 0.05) is 25.0 Å². The van der Waals surface area contributed by atoms with E-state index in [1.54, 1.807) is 4.90 Å². The van der Waals surface area contributed by atoms with Gasteiger partial charge in [0.05, 0.1) is 4.90 Å². The molecule has 0 bridgehead atoms. The lowest BCUT2D eigenvalue weighted by Gasteiger charge is -2.16. The first kappa shape index (κ1) is 13.5. The Balaban J connectivity index is 1.72. The number of sulfonamides is 1. The molecule has 1 N–H and O–H groups in total. The molecule has 5 nitrogen and oxygen atoms in total. The van der Waals surface area contributed by atoms with Gasteiger partial charge in [-0.05, 0) is 31.0 Å². The fraction of sp³-hybridized carbons (Fsp3) is 0.462. The van der Waals surface area contributed by atoms with Crippen LogP contribution in [0.1, 0.15) is 19.3 Å². The van der Waals surface area contributed by atoms with Crippen molar-refractivity contribution in [2.75, 3.05) is 6.54 Å². The lowest BCUT2D eigenvalue weighted by atomic mass is 10.3. The fourth-order valence-corrected chi connectivity index (χ4v) is 3.73. The molecule has 20 heavy (non-hydrogen) atoms. The number of hydrogen-bond donors (Lipinski definition) is 1. The van der Waals surface area contributed by atoms with E-state index in [0.717, 1.165) is 18.9 Å². The summed E-state index contributed by atoms with van der Waals surface area (Å²) in [5.41, 5.74) is 0. The molecule has 108 valence electrons. The Labute approximate surface area is 116 Å². The first-order valence-electron chi connectivity index (χ1n) is 6.53.